The molecule has 0 spiro atoms. The monoisotopic (exact) mass is 296 g/mol. The second kappa shape index (κ2) is 6.14. The third-order valence-electron chi connectivity index (χ3n) is 3.99. The summed E-state index contributed by atoms with van der Waals surface area (Å²) in [5.41, 5.74) is 1.10. The average molecular weight is 296 g/mol. The number of hydrogen-bond acceptors (Lipinski definition) is 3. The van der Waals surface area contributed by atoms with E-state index in [0.717, 1.165) is 31.5 Å². The molecular weight excluding hydrogens is 272 g/mol. The Morgan fingerprint density at radius 3 is 2.35 bits per heavy atom. The van der Waals surface area contributed by atoms with Crippen LogP contribution >= 0.6 is 0 Å². The average Bonchev–Trinajstić information content (AvgIpc) is 2.41. The largest absolute Gasteiger partial charge is 0.385 e. The molecule has 1 aromatic rings. The number of anilines is 1. The molecule has 5 heteroatoms. The van der Waals surface area contributed by atoms with Crippen molar-refractivity contribution >= 4 is 15.7 Å². The first-order chi connectivity index (χ1) is 9.45. The normalized spacial score (nSPS) is 17.5. The Balaban J connectivity index is 1.98. The fraction of sp³-hybridized carbons (Fsp3) is 0.600. The molecule has 0 aromatic heterocycles. The lowest BCUT2D eigenvalue weighted by molar-refractivity contribution is 0.166. The molecule has 1 aliphatic carbocycles. The summed E-state index contributed by atoms with van der Waals surface area (Å²) >= 11 is 0. The highest BCUT2D eigenvalue weighted by atomic mass is 32.2. The van der Waals surface area contributed by atoms with Gasteiger partial charge >= 0.3 is 0 Å². The fourth-order valence-corrected chi connectivity index (χ4v) is 3.53. The van der Waals surface area contributed by atoms with Crippen LogP contribution in [0.4, 0.5) is 5.69 Å². The van der Waals surface area contributed by atoms with E-state index in [1.807, 2.05) is 12.1 Å². The van der Waals surface area contributed by atoms with Crippen LogP contribution in [-0.2, 0) is 10.0 Å². The van der Waals surface area contributed by atoms with Crippen molar-refractivity contribution in [3.8, 4) is 0 Å². The van der Waals surface area contributed by atoms with Gasteiger partial charge in [0, 0.05) is 18.8 Å². The van der Waals surface area contributed by atoms with Gasteiger partial charge in [-0.15, -0.1) is 0 Å². The predicted molar refractivity (Wildman–Crippen MR) is 82.4 cm³/mol. The molecule has 0 saturated heterocycles. The number of rotatable bonds is 7. The van der Waals surface area contributed by atoms with Gasteiger partial charge in [0.1, 0.15) is 0 Å². The molecule has 2 N–H and O–H groups in total. The van der Waals surface area contributed by atoms with E-state index in [1.165, 1.54) is 6.42 Å². The summed E-state index contributed by atoms with van der Waals surface area (Å²) in [6.45, 7) is 5.65. The van der Waals surface area contributed by atoms with Crippen molar-refractivity contribution < 1.29 is 8.42 Å². The molecule has 0 atom stereocenters. The lowest BCUT2D eigenvalue weighted by Crippen LogP contribution is -2.39. The maximum Gasteiger partial charge on any atom is 0.240 e. The van der Waals surface area contributed by atoms with E-state index >= 15 is 0 Å². The van der Waals surface area contributed by atoms with Crippen LogP contribution in [0.2, 0.25) is 0 Å². The molecule has 2 rings (SSSR count). The van der Waals surface area contributed by atoms with E-state index in [-0.39, 0.29) is 5.41 Å². The van der Waals surface area contributed by atoms with Crippen molar-refractivity contribution in [2.24, 2.45) is 5.41 Å². The summed E-state index contributed by atoms with van der Waals surface area (Å²) in [5.74, 6) is 0. The van der Waals surface area contributed by atoms with Crippen LogP contribution in [-0.4, -0.2) is 21.5 Å². The van der Waals surface area contributed by atoms with Gasteiger partial charge in [-0.2, -0.15) is 0 Å². The Morgan fingerprint density at radius 2 is 1.85 bits per heavy atom. The van der Waals surface area contributed by atoms with E-state index in [9.17, 15) is 8.42 Å². The molecule has 0 amide bonds. The summed E-state index contributed by atoms with van der Waals surface area (Å²) in [4.78, 5) is 0.336. The van der Waals surface area contributed by atoms with Gasteiger partial charge in [-0.3, -0.25) is 0 Å². The molecule has 112 valence electrons. The SMILES string of the molecule is CCCNc1ccc(S(=O)(=O)NCC2(C)CCC2)cc1. The molecule has 1 aromatic carbocycles. The van der Waals surface area contributed by atoms with Gasteiger partial charge in [0.25, 0.3) is 0 Å². The summed E-state index contributed by atoms with van der Waals surface area (Å²) < 4.78 is 27.2. The number of benzene rings is 1. The summed E-state index contributed by atoms with van der Waals surface area (Å²) in [7, 11) is -3.38. The van der Waals surface area contributed by atoms with Gasteiger partial charge in [-0.1, -0.05) is 20.3 Å². The van der Waals surface area contributed by atoms with Crippen LogP contribution in [0, 0.1) is 5.41 Å². The van der Waals surface area contributed by atoms with Crippen LogP contribution in [0.3, 0.4) is 0 Å². The minimum Gasteiger partial charge on any atom is -0.385 e. The van der Waals surface area contributed by atoms with E-state index in [4.69, 9.17) is 0 Å². The van der Waals surface area contributed by atoms with Crippen molar-refractivity contribution in [1.29, 1.82) is 0 Å². The lowest BCUT2D eigenvalue weighted by atomic mass is 9.71. The zero-order valence-corrected chi connectivity index (χ0v) is 13.1. The first kappa shape index (κ1) is 15.3. The first-order valence-electron chi connectivity index (χ1n) is 7.29. The van der Waals surface area contributed by atoms with Crippen LogP contribution in [0.15, 0.2) is 29.2 Å². The van der Waals surface area contributed by atoms with Crippen molar-refractivity contribution in [3.05, 3.63) is 24.3 Å². The Kier molecular flexibility index (Phi) is 4.70. The molecule has 0 radical (unpaired) electrons. The second-order valence-corrected chi connectivity index (χ2v) is 7.71. The number of nitrogens with one attached hydrogen (secondary N) is 2. The van der Waals surface area contributed by atoms with E-state index < -0.39 is 10.0 Å². The standard InChI is InChI=1S/C15H24N2O2S/c1-3-11-16-13-5-7-14(8-6-13)20(18,19)17-12-15(2)9-4-10-15/h5-8,16-17H,3-4,9-12H2,1-2H3. The third-order valence-corrected chi connectivity index (χ3v) is 5.41. The molecule has 1 fully saturated rings. The van der Waals surface area contributed by atoms with Crippen LogP contribution in [0.1, 0.15) is 39.5 Å². The fourth-order valence-electron chi connectivity index (χ4n) is 2.33. The molecule has 0 aliphatic heterocycles. The van der Waals surface area contributed by atoms with Gasteiger partial charge in [-0.25, -0.2) is 13.1 Å². The maximum absolute atomic E-state index is 12.2. The van der Waals surface area contributed by atoms with Gasteiger partial charge in [0.2, 0.25) is 10.0 Å². The van der Waals surface area contributed by atoms with Crippen molar-refractivity contribution in [1.82, 2.24) is 4.72 Å². The molecular formula is C15H24N2O2S. The van der Waals surface area contributed by atoms with E-state index in [0.29, 0.717) is 11.4 Å². The van der Waals surface area contributed by atoms with E-state index in [1.54, 1.807) is 12.1 Å². The Hall–Kier alpha value is -1.07. The number of sulfonamides is 1. The smallest absolute Gasteiger partial charge is 0.240 e. The van der Waals surface area contributed by atoms with Gasteiger partial charge < -0.3 is 5.32 Å². The van der Waals surface area contributed by atoms with Crippen molar-refractivity contribution in [3.63, 3.8) is 0 Å². The van der Waals surface area contributed by atoms with Gasteiger partial charge in [0.05, 0.1) is 4.90 Å². The lowest BCUT2D eigenvalue weighted by Gasteiger charge is -2.38. The zero-order chi connectivity index (χ0) is 14.6. The van der Waals surface area contributed by atoms with Crippen molar-refractivity contribution in [2.45, 2.75) is 44.4 Å². The van der Waals surface area contributed by atoms with Gasteiger partial charge in [0.15, 0.2) is 0 Å². The summed E-state index contributed by atoms with van der Waals surface area (Å²) in [6.07, 6.45) is 4.46. The second-order valence-electron chi connectivity index (χ2n) is 5.94. The quantitative estimate of drug-likeness (QED) is 0.813. The zero-order valence-electron chi connectivity index (χ0n) is 12.3. The topological polar surface area (TPSA) is 58.2 Å². The predicted octanol–water partition coefficient (Wildman–Crippen LogP) is 2.98. The highest BCUT2D eigenvalue weighted by Gasteiger charge is 2.32. The Bertz CT molecular complexity index is 533. The van der Waals surface area contributed by atoms with E-state index in [2.05, 4.69) is 23.9 Å². The number of hydrogen-bond donors (Lipinski definition) is 2. The maximum atomic E-state index is 12.2. The first-order valence-corrected chi connectivity index (χ1v) is 8.77. The summed E-state index contributed by atoms with van der Waals surface area (Å²) in [6, 6.07) is 6.94. The highest BCUT2D eigenvalue weighted by Crippen LogP contribution is 2.39. The molecule has 1 aliphatic rings. The van der Waals surface area contributed by atoms with Crippen LogP contribution < -0.4 is 10.0 Å². The van der Waals surface area contributed by atoms with Crippen LogP contribution in [0.5, 0.6) is 0 Å². The van der Waals surface area contributed by atoms with Gasteiger partial charge in [-0.05, 0) is 48.9 Å². The molecule has 1 saturated carbocycles. The molecule has 0 unspecified atom stereocenters. The highest BCUT2D eigenvalue weighted by molar-refractivity contribution is 7.89. The molecule has 0 heterocycles. The Morgan fingerprint density at radius 1 is 1.20 bits per heavy atom. The third kappa shape index (κ3) is 3.73. The minimum absolute atomic E-state index is 0.149. The minimum atomic E-state index is -3.38. The summed E-state index contributed by atoms with van der Waals surface area (Å²) in [5, 5.41) is 3.23. The van der Waals surface area contributed by atoms with Crippen LogP contribution in [0.25, 0.3) is 0 Å². The Labute approximate surface area is 122 Å². The molecule has 4 nitrogen and oxygen atoms in total. The molecule has 20 heavy (non-hydrogen) atoms. The van der Waals surface area contributed by atoms with Crippen molar-refractivity contribution in [2.75, 3.05) is 18.4 Å². The molecule has 0 bridgehead atoms.